The SMILES string of the molecule is COC1=C[C@]2(C[C@@H](C)N=C2c2cc(OC)c3c(c2)OCO3)C(OC)=C(O)C1=O. The average molecular weight is 387 g/mol. The van der Waals surface area contributed by atoms with Crippen LogP contribution >= 0.6 is 0 Å². The summed E-state index contributed by atoms with van der Waals surface area (Å²) in [6.07, 6.45) is 2.18. The summed E-state index contributed by atoms with van der Waals surface area (Å²) < 4.78 is 27.2. The Labute approximate surface area is 162 Å². The van der Waals surface area contributed by atoms with Gasteiger partial charge in [0.25, 0.3) is 5.78 Å². The van der Waals surface area contributed by atoms with Gasteiger partial charge in [-0.1, -0.05) is 0 Å². The molecule has 28 heavy (non-hydrogen) atoms. The van der Waals surface area contributed by atoms with E-state index in [-0.39, 0.29) is 24.4 Å². The number of hydrogen-bond donors (Lipinski definition) is 1. The average Bonchev–Trinajstić information content (AvgIpc) is 3.29. The lowest BCUT2D eigenvalue weighted by Gasteiger charge is -2.33. The number of Topliss-reactive ketones (excluding diaryl/α,β-unsaturated/α-hetero) is 1. The van der Waals surface area contributed by atoms with Gasteiger partial charge in [-0.15, -0.1) is 0 Å². The van der Waals surface area contributed by atoms with E-state index >= 15 is 0 Å². The molecule has 0 radical (unpaired) electrons. The maximum absolute atomic E-state index is 12.4. The molecule has 0 bridgehead atoms. The second-order valence-corrected chi connectivity index (χ2v) is 6.84. The molecule has 1 spiro atoms. The van der Waals surface area contributed by atoms with Gasteiger partial charge in [0, 0.05) is 11.6 Å². The number of aliphatic imine (C=N–C) groups is 1. The van der Waals surface area contributed by atoms with Gasteiger partial charge in [0.1, 0.15) is 0 Å². The van der Waals surface area contributed by atoms with E-state index in [1.165, 1.54) is 14.2 Å². The molecular formula is C20H21NO7. The predicted octanol–water partition coefficient (Wildman–Crippen LogP) is 2.52. The van der Waals surface area contributed by atoms with E-state index in [9.17, 15) is 9.90 Å². The molecule has 2 heterocycles. The molecular weight excluding hydrogens is 366 g/mol. The summed E-state index contributed by atoms with van der Waals surface area (Å²) in [6.45, 7) is 2.06. The van der Waals surface area contributed by atoms with Crippen molar-refractivity contribution in [2.24, 2.45) is 10.4 Å². The summed E-state index contributed by atoms with van der Waals surface area (Å²) in [6, 6.07) is 3.53. The number of ether oxygens (including phenoxy) is 5. The summed E-state index contributed by atoms with van der Waals surface area (Å²) in [5.41, 5.74) is 0.395. The normalized spacial score (nSPS) is 25.7. The van der Waals surface area contributed by atoms with Crippen LogP contribution in [-0.4, -0.2) is 50.8 Å². The molecule has 0 amide bonds. The highest BCUT2D eigenvalue weighted by Crippen LogP contribution is 2.50. The lowest BCUT2D eigenvalue weighted by molar-refractivity contribution is -0.118. The Morgan fingerprint density at radius 3 is 2.64 bits per heavy atom. The van der Waals surface area contributed by atoms with Crippen LogP contribution in [0.1, 0.15) is 18.9 Å². The molecule has 1 aromatic rings. The van der Waals surface area contributed by atoms with Gasteiger partial charge in [0.15, 0.2) is 23.0 Å². The molecule has 0 saturated carbocycles. The minimum absolute atomic E-state index is 0.0489. The number of benzene rings is 1. The molecule has 8 nitrogen and oxygen atoms in total. The molecule has 2 atom stereocenters. The smallest absolute Gasteiger partial charge is 0.265 e. The molecule has 1 aromatic carbocycles. The Hall–Kier alpha value is -3.16. The minimum atomic E-state index is -0.948. The number of nitrogens with zero attached hydrogens (tertiary/aromatic N) is 1. The number of carbonyl (C=O) groups is 1. The molecule has 0 aromatic heterocycles. The number of allylic oxidation sites excluding steroid dienone is 1. The monoisotopic (exact) mass is 387 g/mol. The van der Waals surface area contributed by atoms with Crippen molar-refractivity contribution in [2.75, 3.05) is 28.1 Å². The second kappa shape index (κ2) is 6.47. The molecule has 148 valence electrons. The van der Waals surface area contributed by atoms with E-state index in [2.05, 4.69) is 0 Å². The predicted molar refractivity (Wildman–Crippen MR) is 98.9 cm³/mol. The fourth-order valence-electron chi connectivity index (χ4n) is 4.09. The first-order valence-corrected chi connectivity index (χ1v) is 8.80. The van der Waals surface area contributed by atoms with E-state index in [1.54, 1.807) is 19.3 Å². The van der Waals surface area contributed by atoms with Gasteiger partial charge in [-0.05, 0) is 31.6 Å². The zero-order valence-corrected chi connectivity index (χ0v) is 16.1. The Kier molecular flexibility index (Phi) is 4.21. The molecule has 1 N–H and O–H groups in total. The van der Waals surface area contributed by atoms with Crippen molar-refractivity contribution < 1.29 is 33.6 Å². The minimum Gasteiger partial charge on any atom is -0.502 e. The highest BCUT2D eigenvalue weighted by Gasteiger charge is 2.51. The Bertz CT molecular complexity index is 946. The van der Waals surface area contributed by atoms with Crippen molar-refractivity contribution in [1.82, 2.24) is 0 Å². The van der Waals surface area contributed by atoms with E-state index in [0.717, 1.165) is 0 Å². The van der Waals surface area contributed by atoms with Crippen LogP contribution in [0.2, 0.25) is 0 Å². The molecule has 3 aliphatic rings. The van der Waals surface area contributed by atoms with E-state index < -0.39 is 17.0 Å². The number of carbonyl (C=O) groups excluding carboxylic acids is 1. The lowest BCUT2D eigenvalue weighted by Crippen LogP contribution is -2.36. The van der Waals surface area contributed by atoms with Crippen molar-refractivity contribution in [2.45, 2.75) is 19.4 Å². The summed E-state index contributed by atoms with van der Waals surface area (Å²) >= 11 is 0. The first-order valence-electron chi connectivity index (χ1n) is 8.80. The highest BCUT2D eigenvalue weighted by molar-refractivity contribution is 6.15. The first kappa shape index (κ1) is 18.2. The maximum Gasteiger partial charge on any atom is 0.265 e. The number of ketones is 1. The largest absolute Gasteiger partial charge is 0.502 e. The number of fused-ring (bicyclic) bond motifs is 1. The molecule has 1 aliphatic carbocycles. The van der Waals surface area contributed by atoms with Gasteiger partial charge >= 0.3 is 0 Å². The number of aliphatic hydroxyl groups excluding tert-OH is 1. The van der Waals surface area contributed by atoms with Gasteiger partial charge in [-0.3, -0.25) is 9.79 Å². The Morgan fingerprint density at radius 2 is 1.96 bits per heavy atom. The van der Waals surface area contributed by atoms with Gasteiger partial charge in [-0.2, -0.15) is 0 Å². The Morgan fingerprint density at radius 1 is 1.18 bits per heavy atom. The maximum atomic E-state index is 12.4. The third-order valence-corrected chi connectivity index (χ3v) is 5.18. The fourth-order valence-corrected chi connectivity index (χ4v) is 4.09. The van der Waals surface area contributed by atoms with Crippen LogP contribution in [0.15, 0.2) is 40.5 Å². The molecule has 8 heteroatoms. The summed E-state index contributed by atoms with van der Waals surface area (Å²) in [4.78, 5) is 17.2. The number of hydrogen-bond acceptors (Lipinski definition) is 8. The van der Waals surface area contributed by atoms with E-state index in [1.807, 2.05) is 13.0 Å². The molecule has 4 rings (SSSR count). The van der Waals surface area contributed by atoms with Gasteiger partial charge in [-0.25, -0.2) is 0 Å². The van der Waals surface area contributed by atoms with Crippen molar-refractivity contribution in [3.05, 3.63) is 41.0 Å². The lowest BCUT2D eigenvalue weighted by atomic mass is 9.72. The van der Waals surface area contributed by atoms with Crippen LogP contribution in [0.4, 0.5) is 0 Å². The molecule has 0 unspecified atom stereocenters. The molecule has 2 aliphatic heterocycles. The van der Waals surface area contributed by atoms with Crippen molar-refractivity contribution >= 4 is 11.5 Å². The first-order chi connectivity index (χ1) is 13.4. The van der Waals surface area contributed by atoms with E-state index in [0.29, 0.717) is 34.9 Å². The standard InChI is InChI=1S/C20H21NO7/c1-10-7-20(8-14(25-3)15(22)16(23)19(20)26-4)18(21-10)11-5-12(24-2)17-13(6-11)27-9-28-17/h5-6,8,10,23H,7,9H2,1-4H3/t10-,20+/m1/s1. The van der Waals surface area contributed by atoms with Crippen molar-refractivity contribution in [3.8, 4) is 17.2 Å². The quantitative estimate of drug-likeness (QED) is 0.848. The molecule has 0 fully saturated rings. The highest BCUT2D eigenvalue weighted by atomic mass is 16.7. The van der Waals surface area contributed by atoms with Gasteiger partial charge < -0.3 is 28.8 Å². The van der Waals surface area contributed by atoms with E-state index in [4.69, 9.17) is 28.7 Å². The van der Waals surface area contributed by atoms with Crippen molar-refractivity contribution in [3.63, 3.8) is 0 Å². The van der Waals surface area contributed by atoms with Crippen LogP contribution in [-0.2, 0) is 14.3 Å². The van der Waals surface area contributed by atoms with Crippen LogP contribution in [0.5, 0.6) is 17.2 Å². The van der Waals surface area contributed by atoms with Crippen LogP contribution in [0.25, 0.3) is 0 Å². The summed E-state index contributed by atoms with van der Waals surface area (Å²) in [7, 11) is 4.36. The number of rotatable bonds is 4. The zero-order chi connectivity index (χ0) is 20.1. The van der Waals surface area contributed by atoms with Crippen LogP contribution in [0, 0.1) is 5.41 Å². The van der Waals surface area contributed by atoms with Gasteiger partial charge in [0.2, 0.25) is 18.3 Å². The van der Waals surface area contributed by atoms with Crippen LogP contribution < -0.4 is 14.2 Å². The fraction of sp³-hybridized carbons (Fsp3) is 0.400. The third-order valence-electron chi connectivity index (χ3n) is 5.18. The number of aliphatic hydroxyl groups is 1. The molecule has 0 saturated heterocycles. The second-order valence-electron chi connectivity index (χ2n) is 6.84. The topological polar surface area (TPSA) is 95.8 Å². The summed E-state index contributed by atoms with van der Waals surface area (Å²) in [5.74, 6) is 0.692. The van der Waals surface area contributed by atoms with Gasteiger partial charge in [0.05, 0.1) is 32.5 Å². The zero-order valence-electron chi connectivity index (χ0n) is 16.1. The number of methoxy groups -OCH3 is 3. The van der Waals surface area contributed by atoms with Crippen LogP contribution in [0.3, 0.4) is 0 Å². The summed E-state index contributed by atoms with van der Waals surface area (Å²) in [5, 5.41) is 10.5. The Balaban J connectivity index is 1.93. The third kappa shape index (κ3) is 2.44. The van der Waals surface area contributed by atoms with Crippen molar-refractivity contribution in [1.29, 1.82) is 0 Å².